The molecule has 1 saturated heterocycles. The van der Waals surface area contributed by atoms with Crippen LogP contribution in [0.5, 0.6) is 0 Å². The summed E-state index contributed by atoms with van der Waals surface area (Å²) in [6.07, 6.45) is 7.13. The number of terminal acetylenes is 1. The fourth-order valence-corrected chi connectivity index (χ4v) is 4.70. The Bertz CT molecular complexity index is 589. The quantitative estimate of drug-likeness (QED) is 0.228. The Labute approximate surface area is 169 Å². The second-order valence-corrected chi connectivity index (χ2v) is 11.4. The van der Waals surface area contributed by atoms with Gasteiger partial charge in [0.05, 0.1) is 15.7 Å². The first-order valence-corrected chi connectivity index (χ1v) is 11.0. The van der Waals surface area contributed by atoms with Gasteiger partial charge in [0.15, 0.2) is 0 Å². The molecule has 26 heavy (non-hydrogen) atoms. The van der Waals surface area contributed by atoms with Gasteiger partial charge in [0.2, 0.25) is 11.8 Å². The lowest BCUT2D eigenvalue weighted by Gasteiger charge is -2.27. The average molecular weight is 417 g/mol. The standard InChI is InChI=1S/C18H28N2O3S3/c1-7-18(6,24-12-15(21)20-14(3)26-20)9-11-23-10-8-17(4,5)25-13(2)16(19)22/h1,13H,3,8-12H2,2,4-6H3,(H2,19,22). The summed E-state index contributed by atoms with van der Waals surface area (Å²) in [5.74, 6) is 2.83. The van der Waals surface area contributed by atoms with Crippen LogP contribution < -0.4 is 5.73 Å². The Kier molecular flexibility index (Phi) is 8.94. The van der Waals surface area contributed by atoms with Gasteiger partial charge in [0, 0.05) is 29.9 Å². The normalized spacial score (nSPS) is 17.3. The van der Waals surface area contributed by atoms with Gasteiger partial charge in [-0.15, -0.1) is 29.9 Å². The van der Waals surface area contributed by atoms with Crippen molar-refractivity contribution < 1.29 is 14.3 Å². The van der Waals surface area contributed by atoms with Gasteiger partial charge in [-0.1, -0.05) is 26.3 Å². The van der Waals surface area contributed by atoms with Crippen molar-refractivity contribution in [3.05, 3.63) is 11.6 Å². The number of ether oxygens (including phenoxy) is 1. The molecule has 0 radical (unpaired) electrons. The van der Waals surface area contributed by atoms with Crippen LogP contribution in [-0.2, 0) is 14.3 Å². The summed E-state index contributed by atoms with van der Waals surface area (Å²) in [6, 6.07) is 0. The smallest absolute Gasteiger partial charge is 0.247 e. The lowest BCUT2D eigenvalue weighted by Crippen LogP contribution is -2.29. The Morgan fingerprint density at radius 1 is 1.38 bits per heavy atom. The zero-order valence-electron chi connectivity index (χ0n) is 15.9. The van der Waals surface area contributed by atoms with E-state index in [0.717, 1.165) is 11.4 Å². The topological polar surface area (TPSA) is 72.4 Å². The Morgan fingerprint density at radius 3 is 2.46 bits per heavy atom. The minimum absolute atomic E-state index is 0.0229. The van der Waals surface area contributed by atoms with Crippen LogP contribution in [0.3, 0.4) is 0 Å². The Hall–Kier alpha value is -0.750. The summed E-state index contributed by atoms with van der Waals surface area (Å²) in [5.41, 5.74) is 5.32. The monoisotopic (exact) mass is 416 g/mol. The minimum atomic E-state index is -0.442. The summed E-state index contributed by atoms with van der Waals surface area (Å²) < 4.78 is 6.78. The van der Waals surface area contributed by atoms with E-state index in [2.05, 4.69) is 26.3 Å². The number of carbonyl (C=O) groups excluding carboxylic acids is 2. The predicted octanol–water partition coefficient (Wildman–Crippen LogP) is 3.26. The van der Waals surface area contributed by atoms with Crippen molar-refractivity contribution in [3.63, 3.8) is 0 Å². The highest BCUT2D eigenvalue weighted by Gasteiger charge is 2.34. The minimum Gasteiger partial charge on any atom is -0.381 e. The molecule has 2 atom stereocenters. The van der Waals surface area contributed by atoms with Crippen molar-refractivity contribution in [1.82, 2.24) is 4.31 Å². The van der Waals surface area contributed by atoms with E-state index in [-0.39, 0.29) is 21.8 Å². The van der Waals surface area contributed by atoms with Gasteiger partial charge in [-0.25, -0.2) is 4.31 Å². The Balaban J connectivity index is 2.27. The molecule has 2 amide bonds. The molecule has 0 bridgehead atoms. The van der Waals surface area contributed by atoms with E-state index in [4.69, 9.17) is 16.9 Å². The lowest BCUT2D eigenvalue weighted by molar-refractivity contribution is -0.121. The third-order valence-corrected chi connectivity index (χ3v) is 7.51. The molecule has 2 unspecified atom stereocenters. The molecular formula is C18H28N2O3S3. The Morgan fingerprint density at radius 2 is 1.96 bits per heavy atom. The van der Waals surface area contributed by atoms with E-state index in [1.807, 2.05) is 13.8 Å². The van der Waals surface area contributed by atoms with Crippen molar-refractivity contribution >= 4 is 47.3 Å². The van der Waals surface area contributed by atoms with Gasteiger partial charge in [-0.3, -0.25) is 9.59 Å². The molecule has 1 heterocycles. The van der Waals surface area contributed by atoms with Crippen LogP contribution in [0.1, 0.15) is 40.5 Å². The zero-order chi connectivity index (χ0) is 20.0. The van der Waals surface area contributed by atoms with Gasteiger partial charge in [-0.2, -0.15) is 0 Å². The highest BCUT2D eigenvalue weighted by molar-refractivity contribution is 8.08. The highest BCUT2D eigenvalue weighted by Crippen LogP contribution is 2.43. The van der Waals surface area contributed by atoms with E-state index < -0.39 is 4.75 Å². The number of primary amides is 1. The van der Waals surface area contributed by atoms with Crippen LogP contribution in [-0.4, -0.2) is 49.8 Å². The van der Waals surface area contributed by atoms with Gasteiger partial charge < -0.3 is 10.5 Å². The first-order valence-electron chi connectivity index (χ1n) is 8.36. The molecule has 1 aliphatic rings. The van der Waals surface area contributed by atoms with E-state index in [1.54, 1.807) is 16.1 Å². The highest BCUT2D eigenvalue weighted by atomic mass is 32.2. The fraction of sp³-hybridized carbons (Fsp3) is 0.667. The van der Waals surface area contributed by atoms with Gasteiger partial charge >= 0.3 is 0 Å². The molecule has 0 aliphatic carbocycles. The molecule has 1 aliphatic heterocycles. The third-order valence-electron chi connectivity index (χ3n) is 3.91. The van der Waals surface area contributed by atoms with Gasteiger partial charge in [0.1, 0.15) is 5.03 Å². The molecule has 0 spiro atoms. The lowest BCUT2D eigenvalue weighted by atomic mass is 10.1. The van der Waals surface area contributed by atoms with Crippen molar-refractivity contribution in [3.8, 4) is 12.3 Å². The third kappa shape index (κ3) is 8.30. The maximum absolute atomic E-state index is 11.9. The molecule has 1 rings (SSSR count). The number of hydrogen-bond acceptors (Lipinski definition) is 6. The molecule has 0 aromatic rings. The largest absolute Gasteiger partial charge is 0.381 e. The van der Waals surface area contributed by atoms with Crippen LogP contribution in [0.2, 0.25) is 0 Å². The molecule has 0 saturated carbocycles. The first kappa shape index (κ1) is 23.3. The first-order chi connectivity index (χ1) is 12.0. The molecule has 5 nitrogen and oxygen atoms in total. The summed E-state index contributed by atoms with van der Waals surface area (Å²) in [7, 11) is 0. The summed E-state index contributed by atoms with van der Waals surface area (Å²) in [4.78, 5) is 23.1. The molecule has 146 valence electrons. The number of hydrogen-bond donors (Lipinski definition) is 1. The van der Waals surface area contributed by atoms with Crippen LogP contribution in [0.25, 0.3) is 0 Å². The SMILES string of the molecule is C#CC(C)(CCOCCC(C)(C)SC(C)C(N)=O)SCC(=O)N1SC1=C. The number of thioether (sulfide) groups is 2. The van der Waals surface area contributed by atoms with Crippen LogP contribution in [0, 0.1) is 12.3 Å². The van der Waals surface area contributed by atoms with Crippen LogP contribution in [0.15, 0.2) is 11.6 Å². The van der Waals surface area contributed by atoms with Crippen LogP contribution >= 0.6 is 35.5 Å². The van der Waals surface area contributed by atoms with Crippen molar-refractivity contribution in [2.24, 2.45) is 5.73 Å². The van der Waals surface area contributed by atoms with E-state index in [9.17, 15) is 9.59 Å². The summed E-state index contributed by atoms with van der Waals surface area (Å²) in [6.45, 7) is 12.8. The van der Waals surface area contributed by atoms with Gasteiger partial charge in [0.25, 0.3) is 0 Å². The maximum atomic E-state index is 11.9. The molecular weight excluding hydrogens is 388 g/mol. The average Bonchev–Trinajstić information content (AvgIpc) is 3.28. The summed E-state index contributed by atoms with van der Waals surface area (Å²) in [5, 5.41) is 0.563. The number of rotatable bonds is 12. The molecule has 0 aromatic carbocycles. The second-order valence-electron chi connectivity index (χ2n) is 6.87. The maximum Gasteiger partial charge on any atom is 0.247 e. The van der Waals surface area contributed by atoms with E-state index >= 15 is 0 Å². The van der Waals surface area contributed by atoms with E-state index in [0.29, 0.717) is 25.4 Å². The number of carbonyl (C=O) groups is 2. The molecule has 2 N–H and O–H groups in total. The second kappa shape index (κ2) is 9.98. The van der Waals surface area contributed by atoms with Crippen LogP contribution in [0.4, 0.5) is 0 Å². The zero-order valence-corrected chi connectivity index (χ0v) is 18.3. The van der Waals surface area contributed by atoms with Crippen molar-refractivity contribution in [2.75, 3.05) is 19.0 Å². The number of amides is 2. The molecule has 0 aromatic heterocycles. The van der Waals surface area contributed by atoms with Crippen molar-refractivity contribution in [2.45, 2.75) is 55.3 Å². The number of nitrogens with zero attached hydrogens (tertiary/aromatic N) is 1. The van der Waals surface area contributed by atoms with E-state index in [1.165, 1.54) is 23.7 Å². The predicted molar refractivity (Wildman–Crippen MR) is 114 cm³/mol. The summed E-state index contributed by atoms with van der Waals surface area (Å²) >= 11 is 4.38. The number of nitrogens with two attached hydrogens (primary N) is 1. The van der Waals surface area contributed by atoms with Gasteiger partial charge in [-0.05, 0) is 26.7 Å². The fourth-order valence-electron chi connectivity index (χ4n) is 2.02. The van der Waals surface area contributed by atoms with Crippen molar-refractivity contribution in [1.29, 1.82) is 0 Å². The molecule has 1 fully saturated rings. The molecule has 8 heteroatoms.